The van der Waals surface area contributed by atoms with Gasteiger partial charge in [0.1, 0.15) is 0 Å². The topological polar surface area (TPSA) is 65.5 Å². The average Bonchev–Trinajstić information content (AvgIpc) is 3.30. The Kier molecular flexibility index (Phi) is 6.10. The molecule has 1 aromatic heterocycles. The number of hydrogen-bond donors (Lipinski definition) is 1. The Labute approximate surface area is 190 Å². The average molecular weight is 433 g/mol. The molecule has 2 aliphatic heterocycles. The van der Waals surface area contributed by atoms with Crippen LogP contribution in [0.3, 0.4) is 0 Å². The van der Waals surface area contributed by atoms with Gasteiger partial charge in [0.05, 0.1) is 0 Å². The van der Waals surface area contributed by atoms with Crippen molar-refractivity contribution in [1.29, 1.82) is 0 Å². The maximum Gasteiger partial charge on any atom is 0.321 e. The van der Waals surface area contributed by atoms with Gasteiger partial charge in [-0.05, 0) is 48.6 Å². The molecule has 1 N–H and O–H groups in total. The zero-order valence-electron chi connectivity index (χ0n) is 18.6. The van der Waals surface area contributed by atoms with Crippen LogP contribution in [0.1, 0.15) is 61.5 Å². The van der Waals surface area contributed by atoms with Gasteiger partial charge < -0.3 is 15.1 Å². The molecule has 1 aliphatic carbocycles. The third kappa shape index (κ3) is 4.50. The Morgan fingerprint density at radius 1 is 0.844 bits per heavy atom. The lowest BCUT2D eigenvalue weighted by Crippen LogP contribution is -2.50. The summed E-state index contributed by atoms with van der Waals surface area (Å²) in [6, 6.07) is 12.1. The van der Waals surface area contributed by atoms with Crippen LogP contribution < -0.4 is 5.32 Å². The number of pyridine rings is 1. The smallest absolute Gasteiger partial charge is 0.321 e. The first-order chi connectivity index (χ1) is 15.7. The molecule has 6 nitrogen and oxygen atoms in total. The largest absolute Gasteiger partial charge is 0.342 e. The summed E-state index contributed by atoms with van der Waals surface area (Å²) < 4.78 is 0. The minimum absolute atomic E-state index is 0.0528. The lowest BCUT2D eigenvalue weighted by atomic mass is 9.88. The maximum absolute atomic E-state index is 12.8. The van der Waals surface area contributed by atoms with E-state index >= 15 is 0 Å². The molecule has 32 heavy (non-hydrogen) atoms. The van der Waals surface area contributed by atoms with Crippen molar-refractivity contribution in [3.8, 4) is 0 Å². The van der Waals surface area contributed by atoms with Crippen molar-refractivity contribution in [3.05, 3.63) is 59.9 Å². The van der Waals surface area contributed by atoms with E-state index in [-0.39, 0.29) is 11.9 Å². The predicted octanol–water partition coefficient (Wildman–Crippen LogP) is 4.61. The minimum Gasteiger partial charge on any atom is -0.342 e. The molecule has 1 atom stereocenters. The molecule has 0 spiro atoms. The number of anilines is 1. The van der Waals surface area contributed by atoms with E-state index in [1.165, 1.54) is 30.4 Å². The number of nitrogens with zero attached hydrogens (tertiary/aromatic N) is 3. The Bertz CT molecular complexity index is 934. The summed E-state index contributed by atoms with van der Waals surface area (Å²) in [6.45, 7) is 3.14. The number of carbonyl (C=O) groups excluding carboxylic acids is 2. The first-order valence-electron chi connectivity index (χ1n) is 12.0. The van der Waals surface area contributed by atoms with Gasteiger partial charge in [-0.2, -0.15) is 0 Å². The summed E-state index contributed by atoms with van der Waals surface area (Å²) in [4.78, 5) is 33.4. The van der Waals surface area contributed by atoms with Gasteiger partial charge in [0.15, 0.2) is 0 Å². The second-order valence-corrected chi connectivity index (χ2v) is 9.55. The summed E-state index contributed by atoms with van der Waals surface area (Å²) >= 11 is 0. The van der Waals surface area contributed by atoms with Crippen LogP contribution in [-0.4, -0.2) is 52.9 Å². The summed E-state index contributed by atoms with van der Waals surface area (Å²) in [5.41, 5.74) is 3.26. The fourth-order valence-electron chi connectivity index (χ4n) is 5.35. The lowest BCUT2D eigenvalue weighted by molar-refractivity contribution is -0.135. The van der Waals surface area contributed by atoms with Crippen molar-refractivity contribution in [2.24, 2.45) is 5.92 Å². The highest BCUT2D eigenvalue weighted by Gasteiger charge is 2.33. The van der Waals surface area contributed by atoms with E-state index in [9.17, 15) is 9.59 Å². The fraction of sp³-hybridized carbons (Fsp3) is 0.500. The summed E-state index contributed by atoms with van der Waals surface area (Å²) in [5, 5.41) is 3.01. The van der Waals surface area contributed by atoms with Crippen LogP contribution >= 0.6 is 0 Å². The van der Waals surface area contributed by atoms with Crippen LogP contribution in [0.5, 0.6) is 0 Å². The molecule has 2 aromatic rings. The molecule has 3 aliphatic rings. The number of likely N-dealkylation sites (tertiary alicyclic amines) is 2. The lowest BCUT2D eigenvalue weighted by Gasteiger charge is -2.39. The second kappa shape index (κ2) is 9.31. The molecular weight excluding hydrogens is 400 g/mol. The number of amides is 3. The zero-order chi connectivity index (χ0) is 21.9. The third-order valence-corrected chi connectivity index (χ3v) is 7.41. The molecule has 3 amide bonds. The Morgan fingerprint density at radius 2 is 1.59 bits per heavy atom. The number of rotatable bonds is 4. The Hall–Kier alpha value is -2.89. The molecule has 0 radical (unpaired) electrons. The van der Waals surface area contributed by atoms with Gasteiger partial charge in [-0.25, -0.2) is 4.79 Å². The SMILES string of the molecule is O=C(Nc1ccc(C2CCN(C(=O)C3CCCCC3)C2)cc1)N1CC(c2cccnc2)C1. The van der Waals surface area contributed by atoms with Crippen LogP contribution in [0, 0.1) is 5.92 Å². The minimum atomic E-state index is -0.0528. The van der Waals surface area contributed by atoms with Crippen LogP contribution in [0.2, 0.25) is 0 Å². The first kappa shape index (κ1) is 21.0. The van der Waals surface area contributed by atoms with Crippen molar-refractivity contribution in [3.63, 3.8) is 0 Å². The van der Waals surface area contributed by atoms with E-state index in [1.807, 2.05) is 29.3 Å². The molecule has 168 valence electrons. The molecule has 3 fully saturated rings. The van der Waals surface area contributed by atoms with E-state index in [1.54, 1.807) is 6.20 Å². The van der Waals surface area contributed by atoms with Crippen LogP contribution in [0.4, 0.5) is 10.5 Å². The zero-order valence-corrected chi connectivity index (χ0v) is 18.6. The molecule has 6 heteroatoms. The summed E-state index contributed by atoms with van der Waals surface area (Å²) in [7, 11) is 0. The van der Waals surface area contributed by atoms with Gasteiger partial charge in [-0.15, -0.1) is 0 Å². The van der Waals surface area contributed by atoms with Crippen LogP contribution in [0.15, 0.2) is 48.8 Å². The van der Waals surface area contributed by atoms with Crippen molar-refractivity contribution < 1.29 is 9.59 Å². The van der Waals surface area contributed by atoms with Gasteiger partial charge in [-0.1, -0.05) is 37.5 Å². The number of benzene rings is 1. The van der Waals surface area contributed by atoms with Crippen LogP contribution in [0.25, 0.3) is 0 Å². The highest BCUT2D eigenvalue weighted by atomic mass is 16.2. The van der Waals surface area contributed by atoms with E-state index in [0.29, 0.717) is 17.7 Å². The summed E-state index contributed by atoms with van der Waals surface area (Å²) in [5.74, 6) is 1.39. The quantitative estimate of drug-likeness (QED) is 0.767. The fourth-order valence-corrected chi connectivity index (χ4v) is 5.35. The number of aromatic nitrogens is 1. The van der Waals surface area contributed by atoms with Crippen LogP contribution in [-0.2, 0) is 4.79 Å². The van der Waals surface area contributed by atoms with E-state index in [2.05, 4.69) is 33.4 Å². The highest BCUT2D eigenvalue weighted by Crippen LogP contribution is 2.32. The molecule has 3 heterocycles. The number of nitrogens with one attached hydrogen (secondary N) is 1. The van der Waals surface area contributed by atoms with Crippen molar-refractivity contribution >= 4 is 17.6 Å². The highest BCUT2D eigenvalue weighted by molar-refractivity contribution is 5.90. The van der Waals surface area contributed by atoms with Gasteiger partial charge in [0, 0.05) is 62.0 Å². The normalized spacial score (nSPS) is 21.9. The molecule has 1 unspecified atom stereocenters. The molecule has 2 saturated heterocycles. The van der Waals surface area contributed by atoms with Gasteiger partial charge in [0.2, 0.25) is 5.91 Å². The molecule has 1 saturated carbocycles. The standard InChI is InChI=1S/C26H32N4O2/c31-25(20-5-2-1-3-6-20)29-14-12-22(16-29)19-8-10-24(11-9-19)28-26(32)30-17-23(18-30)21-7-4-13-27-15-21/h4,7-11,13,15,20,22-23H,1-3,5-6,12,14,16-18H2,(H,28,32). The number of urea groups is 1. The number of hydrogen-bond acceptors (Lipinski definition) is 3. The first-order valence-corrected chi connectivity index (χ1v) is 12.0. The van der Waals surface area contributed by atoms with Crippen molar-refractivity contribution in [2.75, 3.05) is 31.5 Å². The molecular formula is C26H32N4O2. The second-order valence-electron chi connectivity index (χ2n) is 9.55. The summed E-state index contributed by atoms with van der Waals surface area (Å²) in [6.07, 6.45) is 10.5. The molecule has 1 aromatic carbocycles. The Balaban J connectivity index is 1.11. The van der Waals surface area contributed by atoms with Gasteiger partial charge in [-0.3, -0.25) is 9.78 Å². The third-order valence-electron chi connectivity index (χ3n) is 7.41. The Morgan fingerprint density at radius 3 is 2.31 bits per heavy atom. The predicted molar refractivity (Wildman–Crippen MR) is 125 cm³/mol. The molecule has 5 rings (SSSR count). The van der Waals surface area contributed by atoms with Crippen molar-refractivity contribution in [1.82, 2.24) is 14.8 Å². The monoisotopic (exact) mass is 432 g/mol. The van der Waals surface area contributed by atoms with E-state index in [4.69, 9.17) is 0 Å². The van der Waals surface area contributed by atoms with E-state index < -0.39 is 0 Å². The number of carbonyl (C=O) groups is 2. The van der Waals surface area contributed by atoms with Crippen molar-refractivity contribution in [2.45, 2.75) is 50.4 Å². The van der Waals surface area contributed by atoms with E-state index in [0.717, 1.165) is 51.1 Å². The maximum atomic E-state index is 12.8. The van der Waals surface area contributed by atoms with Gasteiger partial charge >= 0.3 is 6.03 Å². The van der Waals surface area contributed by atoms with Gasteiger partial charge in [0.25, 0.3) is 0 Å². The molecule has 0 bridgehead atoms.